The van der Waals surface area contributed by atoms with Crippen LogP contribution in [0.1, 0.15) is 19.2 Å². The lowest BCUT2D eigenvalue weighted by atomic mass is 10.2. The minimum absolute atomic E-state index is 0.584. The number of aromatic nitrogens is 2. The Morgan fingerprint density at radius 3 is 3.06 bits per heavy atom. The smallest absolute Gasteiger partial charge is 0.227 e. The normalized spacial score (nSPS) is 10.6. The zero-order valence-electron chi connectivity index (χ0n) is 10.2. The van der Waals surface area contributed by atoms with Crippen LogP contribution in [0.15, 0.2) is 28.8 Å². The van der Waals surface area contributed by atoms with Crippen LogP contribution in [0.2, 0.25) is 0 Å². The molecule has 1 heterocycles. The number of ether oxygens (including phenoxy) is 1. The van der Waals surface area contributed by atoms with E-state index in [0.717, 1.165) is 17.7 Å². The van der Waals surface area contributed by atoms with Gasteiger partial charge in [-0.05, 0) is 25.5 Å². The SMILES string of the molecule is CCOc1cccc(-c2noc(CCCCl)n2)c1. The predicted octanol–water partition coefficient (Wildman–Crippen LogP) is 3.31. The fourth-order valence-electron chi connectivity index (χ4n) is 1.58. The van der Waals surface area contributed by atoms with Crippen LogP contribution in [0.4, 0.5) is 0 Å². The van der Waals surface area contributed by atoms with E-state index in [4.69, 9.17) is 20.9 Å². The fourth-order valence-corrected chi connectivity index (χ4v) is 1.72. The van der Waals surface area contributed by atoms with Crippen molar-refractivity contribution >= 4 is 11.6 Å². The molecule has 96 valence electrons. The minimum atomic E-state index is 0.584. The summed E-state index contributed by atoms with van der Waals surface area (Å²) in [6.45, 7) is 2.59. The number of halogens is 1. The molecule has 0 bridgehead atoms. The lowest BCUT2D eigenvalue weighted by Gasteiger charge is -2.02. The molecule has 2 aromatic rings. The van der Waals surface area contributed by atoms with Crippen LogP contribution in [0.5, 0.6) is 5.75 Å². The topological polar surface area (TPSA) is 48.2 Å². The highest BCUT2D eigenvalue weighted by molar-refractivity contribution is 6.17. The second-order valence-corrected chi connectivity index (χ2v) is 4.14. The van der Waals surface area contributed by atoms with Crippen LogP contribution < -0.4 is 4.74 Å². The standard InChI is InChI=1S/C13H15ClN2O2/c1-2-17-11-6-3-5-10(9-11)13-15-12(18-16-13)7-4-8-14/h3,5-6,9H,2,4,7-8H2,1H3. The zero-order valence-corrected chi connectivity index (χ0v) is 11.0. The second kappa shape index (κ2) is 6.40. The number of benzene rings is 1. The van der Waals surface area contributed by atoms with Crippen molar-refractivity contribution in [1.29, 1.82) is 0 Å². The molecular weight excluding hydrogens is 252 g/mol. The van der Waals surface area contributed by atoms with Gasteiger partial charge in [0.25, 0.3) is 0 Å². The quantitative estimate of drug-likeness (QED) is 0.753. The second-order valence-electron chi connectivity index (χ2n) is 3.77. The van der Waals surface area contributed by atoms with Crippen LogP contribution in [-0.4, -0.2) is 22.6 Å². The zero-order chi connectivity index (χ0) is 12.8. The van der Waals surface area contributed by atoms with E-state index in [9.17, 15) is 0 Å². The van der Waals surface area contributed by atoms with E-state index in [1.807, 2.05) is 31.2 Å². The van der Waals surface area contributed by atoms with Crippen molar-refractivity contribution in [1.82, 2.24) is 10.1 Å². The van der Waals surface area contributed by atoms with E-state index in [2.05, 4.69) is 10.1 Å². The number of hydrogen-bond donors (Lipinski definition) is 0. The number of nitrogens with zero attached hydrogens (tertiary/aromatic N) is 2. The Morgan fingerprint density at radius 2 is 2.28 bits per heavy atom. The van der Waals surface area contributed by atoms with Crippen molar-refractivity contribution in [2.24, 2.45) is 0 Å². The van der Waals surface area contributed by atoms with Crippen molar-refractivity contribution in [3.05, 3.63) is 30.2 Å². The lowest BCUT2D eigenvalue weighted by molar-refractivity contribution is 0.340. The van der Waals surface area contributed by atoms with E-state index in [-0.39, 0.29) is 0 Å². The molecule has 0 radical (unpaired) electrons. The Bertz CT molecular complexity index is 499. The van der Waals surface area contributed by atoms with Crippen molar-refractivity contribution in [2.75, 3.05) is 12.5 Å². The van der Waals surface area contributed by atoms with Crippen LogP contribution in [0, 0.1) is 0 Å². The Kier molecular flexibility index (Phi) is 4.59. The summed E-state index contributed by atoms with van der Waals surface area (Å²) >= 11 is 5.62. The first-order valence-electron chi connectivity index (χ1n) is 5.95. The average Bonchev–Trinajstić information content (AvgIpc) is 2.86. The summed E-state index contributed by atoms with van der Waals surface area (Å²) in [6, 6.07) is 7.65. The summed E-state index contributed by atoms with van der Waals surface area (Å²) in [5.41, 5.74) is 0.891. The molecule has 0 saturated heterocycles. The van der Waals surface area contributed by atoms with E-state index in [1.165, 1.54) is 0 Å². The molecule has 0 N–H and O–H groups in total. The summed E-state index contributed by atoms with van der Waals surface area (Å²) in [4.78, 5) is 4.33. The van der Waals surface area contributed by atoms with Crippen molar-refractivity contribution in [2.45, 2.75) is 19.8 Å². The van der Waals surface area contributed by atoms with Gasteiger partial charge in [0.2, 0.25) is 11.7 Å². The van der Waals surface area contributed by atoms with Gasteiger partial charge in [-0.25, -0.2) is 0 Å². The third kappa shape index (κ3) is 3.23. The summed E-state index contributed by atoms with van der Waals surface area (Å²) < 4.78 is 10.6. The lowest BCUT2D eigenvalue weighted by Crippen LogP contribution is -1.91. The monoisotopic (exact) mass is 266 g/mol. The van der Waals surface area contributed by atoms with Gasteiger partial charge < -0.3 is 9.26 Å². The van der Waals surface area contributed by atoms with E-state index >= 15 is 0 Å². The number of hydrogen-bond acceptors (Lipinski definition) is 4. The molecule has 0 fully saturated rings. The Labute approximate surface area is 111 Å². The van der Waals surface area contributed by atoms with Gasteiger partial charge in [0.15, 0.2) is 0 Å². The summed E-state index contributed by atoms with van der Waals surface area (Å²) in [5.74, 6) is 2.60. The highest BCUT2D eigenvalue weighted by atomic mass is 35.5. The summed E-state index contributed by atoms with van der Waals surface area (Å²) in [7, 11) is 0. The molecule has 0 aliphatic rings. The average molecular weight is 267 g/mol. The minimum Gasteiger partial charge on any atom is -0.494 e. The Balaban J connectivity index is 2.15. The van der Waals surface area contributed by atoms with Gasteiger partial charge in [-0.3, -0.25) is 0 Å². The molecule has 0 atom stereocenters. The maximum absolute atomic E-state index is 5.62. The Morgan fingerprint density at radius 1 is 1.39 bits per heavy atom. The highest BCUT2D eigenvalue weighted by Crippen LogP contribution is 2.21. The number of rotatable bonds is 6. The molecule has 0 spiro atoms. The van der Waals surface area contributed by atoms with Gasteiger partial charge in [-0.1, -0.05) is 17.3 Å². The first kappa shape index (κ1) is 12.9. The molecule has 0 unspecified atom stereocenters. The number of alkyl halides is 1. The molecule has 0 saturated carbocycles. The molecule has 1 aromatic carbocycles. The fraction of sp³-hybridized carbons (Fsp3) is 0.385. The maximum atomic E-state index is 5.62. The molecule has 0 aliphatic heterocycles. The summed E-state index contributed by atoms with van der Waals surface area (Å²) in [6.07, 6.45) is 1.55. The van der Waals surface area contributed by atoms with E-state index < -0.39 is 0 Å². The summed E-state index contributed by atoms with van der Waals surface area (Å²) in [5, 5.41) is 3.96. The largest absolute Gasteiger partial charge is 0.494 e. The van der Waals surface area contributed by atoms with Crippen LogP contribution >= 0.6 is 11.6 Å². The molecule has 1 aromatic heterocycles. The predicted molar refractivity (Wildman–Crippen MR) is 69.9 cm³/mol. The van der Waals surface area contributed by atoms with Crippen molar-refractivity contribution in [3.8, 4) is 17.1 Å². The van der Waals surface area contributed by atoms with Crippen LogP contribution in [-0.2, 0) is 6.42 Å². The molecule has 0 aliphatic carbocycles. The first-order chi connectivity index (χ1) is 8.83. The van der Waals surface area contributed by atoms with Crippen molar-refractivity contribution in [3.63, 3.8) is 0 Å². The first-order valence-corrected chi connectivity index (χ1v) is 6.48. The highest BCUT2D eigenvalue weighted by Gasteiger charge is 2.08. The third-order valence-corrected chi connectivity index (χ3v) is 2.66. The van der Waals surface area contributed by atoms with Gasteiger partial charge in [0, 0.05) is 17.9 Å². The molecule has 2 rings (SSSR count). The molecule has 5 heteroatoms. The van der Waals surface area contributed by atoms with Crippen LogP contribution in [0.25, 0.3) is 11.4 Å². The van der Waals surface area contributed by atoms with E-state index in [1.54, 1.807) is 0 Å². The third-order valence-electron chi connectivity index (χ3n) is 2.40. The van der Waals surface area contributed by atoms with Gasteiger partial charge in [0.05, 0.1) is 6.61 Å². The van der Waals surface area contributed by atoms with Gasteiger partial charge in [-0.2, -0.15) is 4.98 Å². The van der Waals surface area contributed by atoms with Crippen molar-refractivity contribution < 1.29 is 9.26 Å². The Hall–Kier alpha value is -1.55. The molecular formula is C13H15ClN2O2. The maximum Gasteiger partial charge on any atom is 0.227 e. The molecule has 0 amide bonds. The van der Waals surface area contributed by atoms with Gasteiger partial charge in [0.1, 0.15) is 5.75 Å². The molecule has 4 nitrogen and oxygen atoms in total. The number of aryl methyl sites for hydroxylation is 1. The van der Waals surface area contributed by atoms with Crippen LogP contribution in [0.3, 0.4) is 0 Å². The van der Waals surface area contributed by atoms with E-state index in [0.29, 0.717) is 30.6 Å². The van der Waals surface area contributed by atoms with Gasteiger partial charge in [-0.15, -0.1) is 11.6 Å². The van der Waals surface area contributed by atoms with Gasteiger partial charge >= 0.3 is 0 Å². The molecule has 18 heavy (non-hydrogen) atoms.